The van der Waals surface area contributed by atoms with Crippen LogP contribution in [0.1, 0.15) is 40.4 Å². The van der Waals surface area contributed by atoms with E-state index in [1.807, 2.05) is 18.2 Å². The first-order valence-electron chi connectivity index (χ1n) is 8.01. The maximum atomic E-state index is 12.6. The van der Waals surface area contributed by atoms with Gasteiger partial charge >= 0.3 is 0 Å². The topological polar surface area (TPSA) is 98.3 Å². The van der Waals surface area contributed by atoms with Crippen molar-refractivity contribution >= 4 is 29.0 Å². The molecule has 25 heavy (non-hydrogen) atoms. The number of anilines is 1. The molecule has 2 aromatic rings. The van der Waals surface area contributed by atoms with Crippen LogP contribution in [0, 0.1) is 10.1 Å². The third-order valence-corrected chi connectivity index (χ3v) is 5.21. The Labute approximate surface area is 149 Å². The number of benzene rings is 2. The van der Waals surface area contributed by atoms with Crippen LogP contribution in [0.3, 0.4) is 0 Å². The van der Waals surface area contributed by atoms with Crippen molar-refractivity contribution < 1.29 is 9.72 Å². The lowest BCUT2D eigenvalue weighted by atomic mass is 9.87. The van der Waals surface area contributed by atoms with Gasteiger partial charge in [0.1, 0.15) is 0 Å². The fourth-order valence-corrected chi connectivity index (χ4v) is 3.75. The maximum Gasteiger partial charge on any atom is 0.283 e. The number of thioether (sulfide) groups is 1. The van der Waals surface area contributed by atoms with Gasteiger partial charge < -0.3 is 11.1 Å². The monoisotopic (exact) mass is 357 g/mol. The molecule has 1 amide bonds. The highest BCUT2D eigenvalue weighted by molar-refractivity contribution is 7.98. The van der Waals surface area contributed by atoms with Gasteiger partial charge in [-0.1, -0.05) is 6.07 Å². The molecular formula is C18H19N3O3S. The van der Waals surface area contributed by atoms with Crippen molar-refractivity contribution in [2.75, 3.05) is 12.0 Å². The molecule has 1 unspecified atom stereocenters. The van der Waals surface area contributed by atoms with E-state index in [4.69, 9.17) is 5.73 Å². The third-order valence-electron chi connectivity index (χ3n) is 4.42. The van der Waals surface area contributed by atoms with E-state index in [-0.39, 0.29) is 17.6 Å². The highest BCUT2D eigenvalue weighted by Crippen LogP contribution is 2.32. The molecule has 0 bridgehead atoms. The second kappa shape index (κ2) is 7.14. The van der Waals surface area contributed by atoms with Crippen molar-refractivity contribution in [3.63, 3.8) is 0 Å². The molecular weight excluding hydrogens is 338 g/mol. The highest BCUT2D eigenvalue weighted by atomic mass is 32.2. The van der Waals surface area contributed by atoms with E-state index in [0.29, 0.717) is 16.1 Å². The quantitative estimate of drug-likeness (QED) is 0.376. The molecule has 0 aromatic heterocycles. The van der Waals surface area contributed by atoms with Gasteiger partial charge in [-0.05, 0) is 60.9 Å². The summed E-state index contributed by atoms with van der Waals surface area (Å²) in [5.74, 6) is -0.301. The summed E-state index contributed by atoms with van der Waals surface area (Å²) in [4.78, 5) is 23.9. The first kappa shape index (κ1) is 17.3. The summed E-state index contributed by atoms with van der Waals surface area (Å²) in [5, 5.41) is 14.2. The predicted octanol–water partition coefficient (Wildman–Crippen LogP) is 3.71. The molecule has 130 valence electrons. The minimum absolute atomic E-state index is 0.0445. The van der Waals surface area contributed by atoms with Crippen molar-refractivity contribution in [1.82, 2.24) is 5.32 Å². The number of hydrogen-bond acceptors (Lipinski definition) is 5. The normalized spacial score (nSPS) is 16.1. The molecule has 0 saturated heterocycles. The number of nitrogens with two attached hydrogens (primary N) is 1. The van der Waals surface area contributed by atoms with E-state index in [2.05, 4.69) is 5.32 Å². The average molecular weight is 357 g/mol. The Hall–Kier alpha value is -2.54. The molecule has 2 aromatic carbocycles. The number of carbonyl (C=O) groups is 1. The number of fused-ring (bicyclic) bond motifs is 1. The number of nitrogens with zero attached hydrogens (tertiary/aromatic N) is 1. The zero-order valence-electron chi connectivity index (χ0n) is 13.8. The number of carbonyl (C=O) groups excluding carboxylic acids is 1. The van der Waals surface area contributed by atoms with E-state index in [0.717, 1.165) is 30.4 Å². The van der Waals surface area contributed by atoms with Gasteiger partial charge in [-0.15, -0.1) is 11.8 Å². The molecule has 7 heteroatoms. The van der Waals surface area contributed by atoms with Crippen LogP contribution < -0.4 is 11.1 Å². The fraction of sp³-hybridized carbons (Fsp3) is 0.278. The molecule has 1 aliphatic carbocycles. The lowest BCUT2D eigenvalue weighted by Gasteiger charge is -2.26. The fourth-order valence-electron chi connectivity index (χ4n) is 3.20. The second-order valence-electron chi connectivity index (χ2n) is 6.02. The second-order valence-corrected chi connectivity index (χ2v) is 6.87. The van der Waals surface area contributed by atoms with Gasteiger partial charge in [0.25, 0.3) is 11.6 Å². The van der Waals surface area contributed by atoms with E-state index in [1.54, 1.807) is 18.4 Å². The lowest BCUT2D eigenvalue weighted by molar-refractivity contribution is -0.387. The number of nitro benzene ring substituents is 1. The first-order chi connectivity index (χ1) is 12.0. The summed E-state index contributed by atoms with van der Waals surface area (Å²) in [7, 11) is 0. The number of nitrogen functional groups attached to an aromatic ring is 1. The average Bonchev–Trinajstić information content (AvgIpc) is 2.60. The molecule has 0 radical (unpaired) electrons. The molecule has 0 heterocycles. The summed E-state index contributed by atoms with van der Waals surface area (Å²) in [5.41, 5.74) is 9.04. The van der Waals surface area contributed by atoms with Crippen LogP contribution >= 0.6 is 11.8 Å². The lowest BCUT2D eigenvalue weighted by Crippen LogP contribution is -2.31. The van der Waals surface area contributed by atoms with Gasteiger partial charge in [-0.25, -0.2) is 0 Å². The SMILES string of the molecule is CSc1ccc(C(=O)NC2CCCc3cc(N)ccc32)cc1[N+](=O)[O-]. The van der Waals surface area contributed by atoms with Gasteiger partial charge in [0, 0.05) is 17.3 Å². The van der Waals surface area contributed by atoms with Crippen LogP contribution in [0.2, 0.25) is 0 Å². The van der Waals surface area contributed by atoms with Gasteiger partial charge in [0.05, 0.1) is 15.9 Å². The van der Waals surface area contributed by atoms with Crippen LogP contribution in [0.5, 0.6) is 0 Å². The van der Waals surface area contributed by atoms with E-state index in [1.165, 1.54) is 17.8 Å². The zero-order valence-corrected chi connectivity index (χ0v) is 14.6. The molecule has 0 spiro atoms. The Morgan fingerprint density at radius 3 is 2.84 bits per heavy atom. The first-order valence-corrected chi connectivity index (χ1v) is 9.23. The molecule has 1 aliphatic rings. The van der Waals surface area contributed by atoms with Crippen LogP contribution in [0.15, 0.2) is 41.3 Å². The van der Waals surface area contributed by atoms with Gasteiger partial charge in [0.15, 0.2) is 0 Å². The van der Waals surface area contributed by atoms with E-state index in [9.17, 15) is 14.9 Å². The third kappa shape index (κ3) is 3.61. The van der Waals surface area contributed by atoms with Crippen molar-refractivity contribution in [1.29, 1.82) is 0 Å². The standard InChI is InChI=1S/C18H19N3O3S/c1-25-17-8-5-12(10-16(17)21(23)24)18(22)20-15-4-2-3-11-9-13(19)6-7-14(11)15/h5-10,15H,2-4,19H2,1H3,(H,20,22). The van der Waals surface area contributed by atoms with Crippen LogP contribution in [-0.4, -0.2) is 17.1 Å². The molecule has 3 rings (SSSR count). The maximum absolute atomic E-state index is 12.6. The minimum Gasteiger partial charge on any atom is -0.399 e. The number of nitro groups is 1. The van der Waals surface area contributed by atoms with Crippen molar-refractivity contribution in [3.05, 3.63) is 63.2 Å². The van der Waals surface area contributed by atoms with E-state index >= 15 is 0 Å². The van der Waals surface area contributed by atoms with Crippen molar-refractivity contribution in [2.24, 2.45) is 0 Å². The van der Waals surface area contributed by atoms with Crippen molar-refractivity contribution in [2.45, 2.75) is 30.2 Å². The number of nitrogens with one attached hydrogen (secondary N) is 1. The van der Waals surface area contributed by atoms with Gasteiger partial charge in [0.2, 0.25) is 0 Å². The molecule has 0 aliphatic heterocycles. The summed E-state index contributed by atoms with van der Waals surface area (Å²) in [6, 6.07) is 10.2. The summed E-state index contributed by atoms with van der Waals surface area (Å²) >= 11 is 1.29. The van der Waals surface area contributed by atoms with Crippen LogP contribution in [0.4, 0.5) is 11.4 Å². The molecule has 0 saturated carbocycles. The highest BCUT2D eigenvalue weighted by Gasteiger charge is 2.24. The summed E-state index contributed by atoms with van der Waals surface area (Å²) in [6.07, 6.45) is 4.52. The smallest absolute Gasteiger partial charge is 0.283 e. The van der Waals surface area contributed by atoms with Crippen LogP contribution in [0.25, 0.3) is 0 Å². The number of rotatable bonds is 4. The number of amides is 1. The van der Waals surface area contributed by atoms with Gasteiger partial charge in [-0.2, -0.15) is 0 Å². The molecule has 0 fully saturated rings. The van der Waals surface area contributed by atoms with Gasteiger partial charge in [-0.3, -0.25) is 14.9 Å². The van der Waals surface area contributed by atoms with Crippen LogP contribution in [-0.2, 0) is 6.42 Å². The van der Waals surface area contributed by atoms with Crippen molar-refractivity contribution in [3.8, 4) is 0 Å². The summed E-state index contributed by atoms with van der Waals surface area (Å²) in [6.45, 7) is 0. The summed E-state index contributed by atoms with van der Waals surface area (Å²) < 4.78 is 0. The minimum atomic E-state index is -0.457. The Morgan fingerprint density at radius 1 is 1.32 bits per heavy atom. The van der Waals surface area contributed by atoms with E-state index < -0.39 is 4.92 Å². The molecule has 3 N–H and O–H groups in total. The number of hydrogen-bond donors (Lipinski definition) is 2. The predicted molar refractivity (Wildman–Crippen MR) is 98.9 cm³/mol. The Morgan fingerprint density at radius 2 is 2.12 bits per heavy atom. The molecule has 6 nitrogen and oxygen atoms in total. The molecule has 1 atom stereocenters. The zero-order chi connectivity index (χ0) is 18.0. The Balaban J connectivity index is 1.84. The largest absolute Gasteiger partial charge is 0.399 e. The number of aryl methyl sites for hydroxylation is 1. The Kier molecular flexibility index (Phi) is 4.94. The Bertz CT molecular complexity index is 838.